The Balaban J connectivity index is 1.87. The maximum absolute atomic E-state index is 11.4. The Morgan fingerprint density at radius 1 is 1.35 bits per heavy atom. The average Bonchev–Trinajstić information content (AvgIpc) is 2.55. The molecule has 0 spiro atoms. The summed E-state index contributed by atoms with van der Waals surface area (Å²) in [7, 11) is 1.69. The van der Waals surface area contributed by atoms with Crippen LogP contribution in [-0.4, -0.2) is 35.7 Å². The van der Waals surface area contributed by atoms with Crippen molar-refractivity contribution in [3.63, 3.8) is 0 Å². The predicted molar refractivity (Wildman–Crippen MR) is 90.7 cm³/mol. The first-order valence-electron chi connectivity index (χ1n) is 8.12. The van der Waals surface area contributed by atoms with Gasteiger partial charge in [-0.25, -0.2) is 0 Å². The van der Waals surface area contributed by atoms with Crippen LogP contribution in [0, 0.1) is 5.92 Å². The van der Waals surface area contributed by atoms with Gasteiger partial charge in [-0.15, -0.1) is 0 Å². The molecule has 0 radical (unpaired) electrons. The van der Waals surface area contributed by atoms with Crippen LogP contribution in [0.3, 0.4) is 0 Å². The number of hydrogen-bond acceptors (Lipinski definition) is 3. The maximum Gasteiger partial charge on any atom is 0.308 e. The first-order valence-corrected chi connectivity index (χ1v) is 8.12. The maximum atomic E-state index is 11.4. The lowest BCUT2D eigenvalue weighted by atomic mass is 9.90. The molecular formula is C19H23NO3. The molecule has 0 aliphatic carbocycles. The van der Waals surface area contributed by atoms with E-state index in [1.807, 2.05) is 19.1 Å². The molecule has 1 fully saturated rings. The van der Waals surface area contributed by atoms with Crippen LogP contribution in [0.2, 0.25) is 0 Å². The van der Waals surface area contributed by atoms with Gasteiger partial charge in [0.2, 0.25) is 0 Å². The van der Waals surface area contributed by atoms with Gasteiger partial charge in [0, 0.05) is 18.0 Å². The van der Waals surface area contributed by atoms with Gasteiger partial charge >= 0.3 is 5.97 Å². The van der Waals surface area contributed by atoms with E-state index in [0.717, 1.165) is 42.5 Å². The number of likely N-dealkylation sites (tertiary alicyclic amines) is 1. The van der Waals surface area contributed by atoms with Crippen LogP contribution in [-0.2, 0) is 11.3 Å². The summed E-state index contributed by atoms with van der Waals surface area (Å²) in [5, 5.41) is 11.6. The third-order valence-electron chi connectivity index (χ3n) is 4.93. The number of carboxylic acids is 1. The van der Waals surface area contributed by atoms with Crippen LogP contribution in [0.4, 0.5) is 0 Å². The average molecular weight is 313 g/mol. The second-order valence-corrected chi connectivity index (χ2v) is 6.32. The largest absolute Gasteiger partial charge is 0.496 e. The van der Waals surface area contributed by atoms with E-state index in [0.29, 0.717) is 0 Å². The van der Waals surface area contributed by atoms with E-state index in [4.69, 9.17) is 4.74 Å². The lowest BCUT2D eigenvalue weighted by molar-refractivity contribution is -0.145. The highest BCUT2D eigenvalue weighted by molar-refractivity contribution is 5.89. The van der Waals surface area contributed by atoms with E-state index in [9.17, 15) is 9.90 Å². The molecule has 1 N–H and O–H groups in total. The van der Waals surface area contributed by atoms with Crippen molar-refractivity contribution in [1.29, 1.82) is 0 Å². The Labute approximate surface area is 136 Å². The van der Waals surface area contributed by atoms with Gasteiger partial charge in [0.05, 0.1) is 13.0 Å². The third kappa shape index (κ3) is 3.17. The fourth-order valence-electron chi connectivity index (χ4n) is 3.60. The van der Waals surface area contributed by atoms with E-state index in [-0.39, 0.29) is 12.0 Å². The zero-order valence-corrected chi connectivity index (χ0v) is 13.7. The number of carboxylic acid groups (broad SMARTS) is 1. The zero-order chi connectivity index (χ0) is 16.4. The fourth-order valence-corrected chi connectivity index (χ4v) is 3.60. The molecule has 4 nitrogen and oxygen atoms in total. The van der Waals surface area contributed by atoms with Gasteiger partial charge in [0.1, 0.15) is 5.75 Å². The second kappa shape index (κ2) is 6.59. The Hall–Kier alpha value is -2.07. The molecule has 2 aromatic rings. The highest BCUT2D eigenvalue weighted by Gasteiger charge is 2.32. The topological polar surface area (TPSA) is 49.8 Å². The number of methoxy groups -OCH3 is 1. The summed E-state index contributed by atoms with van der Waals surface area (Å²) in [6.07, 6.45) is 1.71. The first-order chi connectivity index (χ1) is 11.1. The van der Waals surface area contributed by atoms with E-state index in [2.05, 4.69) is 29.2 Å². The van der Waals surface area contributed by atoms with Crippen LogP contribution in [0.15, 0.2) is 36.4 Å². The smallest absolute Gasteiger partial charge is 0.308 e. The highest BCUT2D eigenvalue weighted by Crippen LogP contribution is 2.30. The third-order valence-corrected chi connectivity index (χ3v) is 4.93. The van der Waals surface area contributed by atoms with E-state index in [1.165, 1.54) is 5.56 Å². The van der Waals surface area contributed by atoms with Crippen molar-refractivity contribution in [2.45, 2.75) is 32.4 Å². The molecule has 1 aliphatic heterocycles. The van der Waals surface area contributed by atoms with E-state index in [1.54, 1.807) is 7.11 Å². The van der Waals surface area contributed by atoms with Gasteiger partial charge in [-0.3, -0.25) is 9.69 Å². The quantitative estimate of drug-likeness (QED) is 0.938. The Morgan fingerprint density at radius 3 is 2.87 bits per heavy atom. The summed E-state index contributed by atoms with van der Waals surface area (Å²) in [5.74, 6) is -0.0815. The predicted octanol–water partition coefficient (Wildman–Crippen LogP) is 3.53. The van der Waals surface area contributed by atoms with Gasteiger partial charge in [0.15, 0.2) is 0 Å². The number of rotatable bonds is 4. The van der Waals surface area contributed by atoms with Gasteiger partial charge in [-0.05, 0) is 49.4 Å². The molecule has 1 saturated heterocycles. The van der Waals surface area contributed by atoms with Gasteiger partial charge in [-0.2, -0.15) is 0 Å². The number of piperidine rings is 1. The van der Waals surface area contributed by atoms with Gasteiger partial charge in [-0.1, -0.05) is 24.3 Å². The number of carbonyl (C=O) groups is 1. The number of aliphatic carboxylic acids is 1. The summed E-state index contributed by atoms with van der Waals surface area (Å²) < 4.78 is 5.53. The minimum Gasteiger partial charge on any atom is -0.496 e. The molecule has 3 rings (SSSR count). The minimum atomic E-state index is -0.682. The molecule has 122 valence electrons. The Kier molecular flexibility index (Phi) is 4.53. The molecule has 4 heteroatoms. The van der Waals surface area contributed by atoms with Crippen LogP contribution < -0.4 is 4.74 Å². The summed E-state index contributed by atoms with van der Waals surface area (Å²) in [6.45, 7) is 3.72. The Morgan fingerprint density at radius 2 is 2.13 bits per heavy atom. The van der Waals surface area contributed by atoms with Crippen molar-refractivity contribution >= 4 is 16.7 Å². The lowest BCUT2D eigenvalue weighted by Gasteiger charge is -2.37. The normalized spacial score (nSPS) is 22.2. The zero-order valence-electron chi connectivity index (χ0n) is 13.7. The number of hydrogen-bond donors (Lipinski definition) is 1. The van der Waals surface area contributed by atoms with Crippen LogP contribution in [0.25, 0.3) is 10.8 Å². The molecule has 2 atom stereocenters. The fraction of sp³-hybridized carbons (Fsp3) is 0.421. The number of nitrogens with zero attached hydrogens (tertiary/aromatic N) is 1. The Bertz CT molecular complexity index is 713. The molecule has 0 amide bonds. The lowest BCUT2D eigenvalue weighted by Crippen LogP contribution is -2.45. The highest BCUT2D eigenvalue weighted by atomic mass is 16.5. The molecule has 0 bridgehead atoms. The van der Waals surface area contributed by atoms with Gasteiger partial charge < -0.3 is 9.84 Å². The molecule has 1 heterocycles. The van der Waals surface area contributed by atoms with Crippen molar-refractivity contribution in [3.8, 4) is 5.75 Å². The SMILES string of the molecule is COc1cc(CN2CCC[C@H](C(=O)O)[C@@H]2C)cc2ccccc12. The summed E-state index contributed by atoms with van der Waals surface area (Å²) in [6, 6.07) is 12.5. The molecule has 2 aromatic carbocycles. The van der Waals surface area contributed by atoms with Crippen molar-refractivity contribution in [2.24, 2.45) is 5.92 Å². The molecule has 0 saturated carbocycles. The van der Waals surface area contributed by atoms with Crippen molar-refractivity contribution in [2.75, 3.05) is 13.7 Å². The molecule has 0 unspecified atom stereocenters. The molecular weight excluding hydrogens is 290 g/mol. The summed E-state index contributed by atoms with van der Waals surface area (Å²) >= 11 is 0. The standard InChI is InChI=1S/C19H23NO3/c1-13-16(19(21)22)8-5-9-20(13)12-14-10-15-6-3-4-7-17(15)18(11-14)23-2/h3-4,6-7,10-11,13,16H,5,8-9,12H2,1-2H3,(H,21,22)/t13-,16-/m0/s1. The molecule has 0 aromatic heterocycles. The van der Waals surface area contributed by atoms with Crippen molar-refractivity contribution < 1.29 is 14.6 Å². The number of fused-ring (bicyclic) bond motifs is 1. The number of benzene rings is 2. The second-order valence-electron chi connectivity index (χ2n) is 6.32. The van der Waals surface area contributed by atoms with E-state index < -0.39 is 5.97 Å². The first kappa shape index (κ1) is 15.8. The molecule has 1 aliphatic rings. The van der Waals surface area contributed by atoms with Crippen molar-refractivity contribution in [3.05, 3.63) is 42.0 Å². The summed E-state index contributed by atoms with van der Waals surface area (Å²) in [5.41, 5.74) is 1.17. The summed E-state index contributed by atoms with van der Waals surface area (Å²) in [4.78, 5) is 13.7. The number of ether oxygens (including phenoxy) is 1. The van der Waals surface area contributed by atoms with Crippen molar-refractivity contribution in [1.82, 2.24) is 4.90 Å². The molecule has 23 heavy (non-hydrogen) atoms. The monoisotopic (exact) mass is 313 g/mol. The van der Waals surface area contributed by atoms with Crippen LogP contribution in [0.1, 0.15) is 25.3 Å². The minimum absolute atomic E-state index is 0.0544. The van der Waals surface area contributed by atoms with E-state index >= 15 is 0 Å². The van der Waals surface area contributed by atoms with Gasteiger partial charge in [0.25, 0.3) is 0 Å². The van der Waals surface area contributed by atoms with Crippen LogP contribution in [0.5, 0.6) is 5.75 Å². The van der Waals surface area contributed by atoms with Crippen LogP contribution >= 0.6 is 0 Å².